The van der Waals surface area contributed by atoms with Crippen molar-refractivity contribution < 1.29 is 18.8 Å². The smallest absolute Gasteiger partial charge is 0.241 e. The molecule has 0 bridgehead atoms. The fourth-order valence-electron chi connectivity index (χ4n) is 3.83. The van der Waals surface area contributed by atoms with Crippen LogP contribution >= 0.6 is 0 Å². The van der Waals surface area contributed by atoms with E-state index >= 15 is 0 Å². The van der Waals surface area contributed by atoms with Crippen molar-refractivity contribution >= 4 is 5.91 Å². The molecule has 0 radical (unpaired) electrons. The average molecular weight is 386 g/mol. The molecule has 8 heteroatoms. The van der Waals surface area contributed by atoms with Crippen molar-refractivity contribution in [2.75, 3.05) is 46.5 Å². The number of amides is 1. The van der Waals surface area contributed by atoms with Gasteiger partial charge in [0.15, 0.2) is 0 Å². The van der Waals surface area contributed by atoms with Gasteiger partial charge in [-0.05, 0) is 38.1 Å². The van der Waals surface area contributed by atoms with Crippen molar-refractivity contribution in [3.05, 3.63) is 30.2 Å². The first-order chi connectivity index (χ1) is 13.7. The van der Waals surface area contributed by atoms with Crippen molar-refractivity contribution in [3.63, 3.8) is 0 Å². The summed E-state index contributed by atoms with van der Waals surface area (Å²) in [7, 11) is 1.63. The van der Waals surface area contributed by atoms with E-state index in [0.717, 1.165) is 37.2 Å². The second-order valence-corrected chi connectivity index (χ2v) is 7.20. The molecule has 0 N–H and O–H groups in total. The lowest BCUT2D eigenvalue weighted by molar-refractivity contribution is -0.141. The Bertz CT molecular complexity index is 795. The summed E-state index contributed by atoms with van der Waals surface area (Å²) in [5.74, 6) is 2.22. The highest BCUT2D eigenvalue weighted by Gasteiger charge is 2.30. The summed E-state index contributed by atoms with van der Waals surface area (Å²) in [5, 5.41) is 4.10. The minimum absolute atomic E-state index is 0.112. The second-order valence-electron chi connectivity index (χ2n) is 7.20. The molecule has 2 saturated heterocycles. The molecular weight excluding hydrogens is 360 g/mol. The summed E-state index contributed by atoms with van der Waals surface area (Å²) < 4.78 is 16.1. The number of aromatic nitrogens is 2. The zero-order valence-electron chi connectivity index (χ0n) is 16.2. The Kier molecular flexibility index (Phi) is 5.87. The van der Waals surface area contributed by atoms with Gasteiger partial charge in [0.2, 0.25) is 17.6 Å². The quantitative estimate of drug-likeness (QED) is 0.775. The number of piperidine rings is 1. The van der Waals surface area contributed by atoms with Gasteiger partial charge in [0.25, 0.3) is 0 Å². The first-order valence-electron chi connectivity index (χ1n) is 9.79. The molecule has 2 fully saturated rings. The molecule has 4 rings (SSSR count). The Balaban J connectivity index is 1.32. The van der Waals surface area contributed by atoms with E-state index in [1.807, 2.05) is 29.2 Å². The summed E-state index contributed by atoms with van der Waals surface area (Å²) in [6.45, 7) is 5.03. The van der Waals surface area contributed by atoms with Crippen molar-refractivity contribution in [3.8, 4) is 17.1 Å². The van der Waals surface area contributed by atoms with Gasteiger partial charge in [-0.25, -0.2) is 0 Å². The summed E-state index contributed by atoms with van der Waals surface area (Å²) in [6.07, 6.45) is 1.73. The molecule has 0 unspecified atom stereocenters. The molecular formula is C20H26N4O4. The molecule has 1 amide bonds. The third-order valence-corrected chi connectivity index (χ3v) is 5.43. The molecule has 28 heavy (non-hydrogen) atoms. The Morgan fingerprint density at radius 1 is 1.18 bits per heavy atom. The molecule has 1 aromatic heterocycles. The van der Waals surface area contributed by atoms with Crippen LogP contribution in [0, 0.1) is 5.92 Å². The summed E-state index contributed by atoms with van der Waals surface area (Å²) >= 11 is 0. The van der Waals surface area contributed by atoms with Crippen LogP contribution in [0.15, 0.2) is 28.8 Å². The lowest BCUT2D eigenvalue weighted by atomic mass is 9.95. The highest BCUT2D eigenvalue weighted by atomic mass is 16.5. The Labute approximate surface area is 164 Å². The van der Waals surface area contributed by atoms with Gasteiger partial charge in [-0.2, -0.15) is 4.98 Å². The van der Waals surface area contributed by atoms with E-state index in [0.29, 0.717) is 44.6 Å². The molecule has 150 valence electrons. The van der Waals surface area contributed by atoms with Crippen LogP contribution in [0.3, 0.4) is 0 Å². The molecule has 0 saturated carbocycles. The van der Waals surface area contributed by atoms with Crippen molar-refractivity contribution in [1.29, 1.82) is 0 Å². The minimum atomic E-state index is 0.112. The highest BCUT2D eigenvalue weighted by molar-refractivity contribution is 5.79. The van der Waals surface area contributed by atoms with E-state index in [1.54, 1.807) is 7.11 Å². The second kappa shape index (κ2) is 8.70. The van der Waals surface area contributed by atoms with Crippen LogP contribution in [0.25, 0.3) is 11.4 Å². The number of morpholine rings is 1. The van der Waals surface area contributed by atoms with Gasteiger partial charge in [-0.3, -0.25) is 9.69 Å². The molecule has 8 nitrogen and oxygen atoms in total. The predicted octanol–water partition coefficient (Wildman–Crippen LogP) is 1.82. The molecule has 1 aromatic carbocycles. The van der Waals surface area contributed by atoms with Crippen LogP contribution in [0.4, 0.5) is 0 Å². The number of carbonyl (C=O) groups is 1. The minimum Gasteiger partial charge on any atom is -0.496 e. The number of ether oxygens (including phenoxy) is 2. The van der Waals surface area contributed by atoms with Crippen molar-refractivity contribution in [2.24, 2.45) is 5.92 Å². The van der Waals surface area contributed by atoms with E-state index in [2.05, 4.69) is 15.0 Å². The Morgan fingerprint density at radius 3 is 2.68 bits per heavy atom. The number of hydrogen-bond donors (Lipinski definition) is 0. The number of para-hydroxylation sites is 1. The van der Waals surface area contributed by atoms with Crippen LogP contribution in [0.5, 0.6) is 5.75 Å². The van der Waals surface area contributed by atoms with E-state index in [1.165, 1.54) is 0 Å². The van der Waals surface area contributed by atoms with Gasteiger partial charge in [-0.15, -0.1) is 0 Å². The lowest BCUT2D eigenvalue weighted by Crippen LogP contribution is -2.46. The molecule has 2 aliphatic heterocycles. The first kappa shape index (κ1) is 18.9. The Hall–Kier alpha value is -2.45. The van der Waals surface area contributed by atoms with Crippen molar-refractivity contribution in [1.82, 2.24) is 19.9 Å². The third-order valence-electron chi connectivity index (χ3n) is 5.43. The fraction of sp³-hybridized carbons (Fsp3) is 0.550. The molecule has 3 heterocycles. The number of likely N-dealkylation sites (tertiary alicyclic amines) is 1. The number of carbonyl (C=O) groups excluding carboxylic acids is 1. The summed E-state index contributed by atoms with van der Waals surface area (Å²) in [6, 6.07) is 7.62. The van der Waals surface area contributed by atoms with Crippen molar-refractivity contribution in [2.45, 2.75) is 19.4 Å². The topological polar surface area (TPSA) is 80.9 Å². The van der Waals surface area contributed by atoms with Gasteiger partial charge in [0, 0.05) is 19.0 Å². The normalized spacial score (nSPS) is 19.0. The molecule has 2 aromatic rings. The van der Waals surface area contributed by atoms with E-state index < -0.39 is 0 Å². The van der Waals surface area contributed by atoms with Crippen LogP contribution in [-0.2, 0) is 16.1 Å². The molecule has 2 aliphatic rings. The first-order valence-corrected chi connectivity index (χ1v) is 9.79. The van der Waals surface area contributed by atoms with Gasteiger partial charge < -0.3 is 18.9 Å². The Morgan fingerprint density at radius 2 is 1.93 bits per heavy atom. The standard InChI is InChI=1S/C20H26N4O4/c1-26-17-5-3-2-4-16(17)19-21-18(28-22-19)14-23-8-6-15(7-9-23)20(25)24-10-12-27-13-11-24/h2-5,15H,6-14H2,1H3. The molecule has 0 aliphatic carbocycles. The maximum atomic E-state index is 12.6. The molecule has 0 atom stereocenters. The van der Waals surface area contributed by atoms with Gasteiger partial charge in [0.1, 0.15) is 5.75 Å². The number of methoxy groups -OCH3 is 1. The monoisotopic (exact) mass is 386 g/mol. The lowest BCUT2D eigenvalue weighted by Gasteiger charge is -2.35. The number of nitrogens with zero attached hydrogens (tertiary/aromatic N) is 4. The maximum absolute atomic E-state index is 12.6. The summed E-state index contributed by atoms with van der Waals surface area (Å²) in [4.78, 5) is 21.4. The highest BCUT2D eigenvalue weighted by Crippen LogP contribution is 2.27. The number of hydrogen-bond acceptors (Lipinski definition) is 7. The maximum Gasteiger partial charge on any atom is 0.241 e. The average Bonchev–Trinajstić information content (AvgIpc) is 3.22. The molecule has 0 spiro atoms. The van der Waals surface area contributed by atoms with Gasteiger partial charge in [-0.1, -0.05) is 17.3 Å². The van der Waals surface area contributed by atoms with E-state index in [-0.39, 0.29) is 11.8 Å². The van der Waals surface area contributed by atoms with Gasteiger partial charge in [0.05, 0.1) is 32.4 Å². The summed E-state index contributed by atoms with van der Waals surface area (Å²) in [5.41, 5.74) is 0.815. The van der Waals surface area contributed by atoms with Crippen LogP contribution in [0.2, 0.25) is 0 Å². The largest absolute Gasteiger partial charge is 0.496 e. The fourth-order valence-corrected chi connectivity index (χ4v) is 3.83. The third kappa shape index (κ3) is 4.18. The van der Waals surface area contributed by atoms with Crippen LogP contribution in [0.1, 0.15) is 18.7 Å². The number of rotatable bonds is 5. The number of benzene rings is 1. The van der Waals surface area contributed by atoms with Crippen LogP contribution in [-0.4, -0.2) is 72.4 Å². The van der Waals surface area contributed by atoms with Gasteiger partial charge >= 0.3 is 0 Å². The SMILES string of the molecule is COc1ccccc1-c1noc(CN2CCC(C(=O)N3CCOCC3)CC2)n1. The van der Waals surface area contributed by atoms with Crippen LogP contribution < -0.4 is 4.74 Å². The van der Waals surface area contributed by atoms with E-state index in [9.17, 15) is 4.79 Å². The zero-order valence-corrected chi connectivity index (χ0v) is 16.2. The van der Waals surface area contributed by atoms with E-state index in [4.69, 9.17) is 14.0 Å². The zero-order chi connectivity index (χ0) is 19.3. The predicted molar refractivity (Wildman–Crippen MR) is 102 cm³/mol.